The summed E-state index contributed by atoms with van der Waals surface area (Å²) in [6.45, 7) is 5.33. The second kappa shape index (κ2) is 6.53. The lowest BCUT2D eigenvalue weighted by Gasteiger charge is -2.30. The molecule has 0 radical (unpaired) electrons. The van der Waals surface area contributed by atoms with Gasteiger partial charge in [0.1, 0.15) is 24.2 Å². The van der Waals surface area contributed by atoms with E-state index >= 15 is 0 Å². The summed E-state index contributed by atoms with van der Waals surface area (Å²) < 4.78 is 7.37. The molecule has 9 nitrogen and oxygen atoms in total. The van der Waals surface area contributed by atoms with Crippen LogP contribution in [0.5, 0.6) is 0 Å². The third kappa shape index (κ3) is 3.34. The molecule has 152 valence electrons. The lowest BCUT2D eigenvalue weighted by atomic mass is 9.95. The number of hydrogen-bond acceptors (Lipinski definition) is 7. The van der Waals surface area contributed by atoms with Crippen molar-refractivity contribution in [2.45, 2.75) is 51.0 Å². The van der Waals surface area contributed by atoms with Gasteiger partial charge in [-0.25, -0.2) is 9.97 Å². The number of piperidine rings is 1. The van der Waals surface area contributed by atoms with Crippen molar-refractivity contribution in [2.24, 2.45) is 7.05 Å². The fourth-order valence-corrected chi connectivity index (χ4v) is 3.95. The van der Waals surface area contributed by atoms with Crippen LogP contribution in [-0.2, 0) is 7.05 Å². The molecular formula is C20H25N7O2. The fraction of sp³-hybridized carbons (Fsp3) is 0.550. The van der Waals surface area contributed by atoms with Crippen LogP contribution in [0.3, 0.4) is 0 Å². The summed E-state index contributed by atoms with van der Waals surface area (Å²) in [6.07, 6.45) is 7.13. The smallest absolute Gasteiger partial charge is 0.257 e. The van der Waals surface area contributed by atoms with Crippen molar-refractivity contribution < 1.29 is 9.21 Å². The third-order valence-electron chi connectivity index (χ3n) is 5.96. The minimum absolute atomic E-state index is 0.0346. The Morgan fingerprint density at radius 1 is 1.28 bits per heavy atom. The highest BCUT2D eigenvalue weighted by atomic mass is 16.3. The summed E-state index contributed by atoms with van der Waals surface area (Å²) >= 11 is 0. The van der Waals surface area contributed by atoms with Crippen LogP contribution in [0.15, 0.2) is 17.0 Å². The number of likely N-dealkylation sites (tertiary alicyclic amines) is 1. The Morgan fingerprint density at radius 2 is 2.03 bits per heavy atom. The molecule has 29 heavy (non-hydrogen) atoms. The lowest BCUT2D eigenvalue weighted by molar-refractivity contribution is 0.0712. The van der Waals surface area contributed by atoms with Gasteiger partial charge in [0, 0.05) is 31.6 Å². The molecule has 1 aliphatic carbocycles. The van der Waals surface area contributed by atoms with Crippen molar-refractivity contribution in [3.05, 3.63) is 29.8 Å². The van der Waals surface area contributed by atoms with E-state index in [4.69, 9.17) is 4.42 Å². The maximum atomic E-state index is 13.3. The summed E-state index contributed by atoms with van der Waals surface area (Å²) in [5, 5.41) is 8.59. The Labute approximate surface area is 168 Å². The lowest BCUT2D eigenvalue weighted by Crippen LogP contribution is -2.38. The molecule has 1 saturated heterocycles. The van der Waals surface area contributed by atoms with Gasteiger partial charge in [0.05, 0.1) is 10.9 Å². The summed E-state index contributed by atoms with van der Waals surface area (Å²) in [5.74, 6) is 2.44. The summed E-state index contributed by atoms with van der Waals surface area (Å²) in [7, 11) is 1.87. The van der Waals surface area contributed by atoms with Gasteiger partial charge in [0.2, 0.25) is 5.71 Å². The van der Waals surface area contributed by atoms with Crippen LogP contribution in [0.25, 0.3) is 11.1 Å². The average Bonchev–Trinajstić information content (AvgIpc) is 3.08. The molecule has 3 aromatic heterocycles. The van der Waals surface area contributed by atoms with E-state index in [1.54, 1.807) is 11.0 Å². The van der Waals surface area contributed by atoms with Crippen LogP contribution in [0.1, 0.15) is 60.5 Å². The zero-order valence-electron chi connectivity index (χ0n) is 17.0. The van der Waals surface area contributed by atoms with Crippen LogP contribution in [0.4, 0.5) is 5.82 Å². The molecule has 2 fully saturated rings. The predicted octanol–water partition coefficient (Wildman–Crippen LogP) is 2.64. The van der Waals surface area contributed by atoms with Crippen LogP contribution in [0.2, 0.25) is 0 Å². The van der Waals surface area contributed by atoms with Gasteiger partial charge < -0.3 is 14.6 Å². The molecule has 0 bridgehead atoms. The van der Waals surface area contributed by atoms with Crippen molar-refractivity contribution in [3.8, 4) is 0 Å². The monoisotopic (exact) mass is 395 g/mol. The second-order valence-corrected chi connectivity index (χ2v) is 8.48. The first-order valence-corrected chi connectivity index (χ1v) is 10.1. The first-order valence-electron chi connectivity index (χ1n) is 10.1. The Balaban J connectivity index is 1.39. The quantitative estimate of drug-likeness (QED) is 0.724. The SMILES string of the molecule is Cc1nc(NC2(C)CC2)c2c(C(=O)N3CCC(c4ncn(C)n4)CC3)coc2n1. The number of rotatable bonds is 4. The van der Waals surface area contributed by atoms with E-state index in [1.165, 1.54) is 6.26 Å². The first-order chi connectivity index (χ1) is 13.9. The molecule has 0 unspecified atom stereocenters. The molecule has 1 saturated carbocycles. The summed E-state index contributed by atoms with van der Waals surface area (Å²) in [6, 6.07) is 0. The van der Waals surface area contributed by atoms with Gasteiger partial charge in [0.15, 0.2) is 5.82 Å². The van der Waals surface area contributed by atoms with E-state index in [0.717, 1.165) is 31.5 Å². The highest BCUT2D eigenvalue weighted by Crippen LogP contribution is 2.40. The minimum Gasteiger partial charge on any atom is -0.445 e. The molecule has 5 rings (SSSR count). The molecule has 1 amide bonds. The molecule has 0 aromatic carbocycles. The maximum Gasteiger partial charge on any atom is 0.257 e. The molecule has 1 aliphatic heterocycles. The van der Waals surface area contributed by atoms with Crippen molar-refractivity contribution in [3.63, 3.8) is 0 Å². The number of anilines is 1. The minimum atomic E-state index is -0.0346. The standard InChI is InChI=1S/C20H25N7O2/c1-12-22-17(24-20(2)6-7-20)15-14(10-29-18(15)23-12)19(28)27-8-4-13(5-9-27)16-21-11-26(3)25-16/h10-11,13H,4-9H2,1-3H3,(H,22,23,24). The van der Waals surface area contributed by atoms with Gasteiger partial charge in [-0.1, -0.05) is 0 Å². The molecule has 0 atom stereocenters. The molecule has 9 heteroatoms. The number of fused-ring (bicyclic) bond motifs is 1. The van der Waals surface area contributed by atoms with Gasteiger partial charge in [0.25, 0.3) is 5.91 Å². The number of aromatic nitrogens is 5. The van der Waals surface area contributed by atoms with Gasteiger partial charge in [-0.15, -0.1) is 0 Å². The van der Waals surface area contributed by atoms with E-state index < -0.39 is 0 Å². The maximum absolute atomic E-state index is 13.3. The van der Waals surface area contributed by atoms with Crippen molar-refractivity contribution >= 4 is 22.8 Å². The fourth-order valence-electron chi connectivity index (χ4n) is 3.95. The highest BCUT2D eigenvalue weighted by molar-refractivity contribution is 6.09. The van der Waals surface area contributed by atoms with Gasteiger partial charge in [-0.3, -0.25) is 9.48 Å². The van der Waals surface area contributed by atoms with E-state index in [-0.39, 0.29) is 11.4 Å². The zero-order valence-corrected chi connectivity index (χ0v) is 17.0. The Hall–Kier alpha value is -2.97. The normalized spacial score (nSPS) is 18.9. The Morgan fingerprint density at radius 3 is 2.69 bits per heavy atom. The van der Waals surface area contributed by atoms with Crippen LogP contribution in [-0.4, -0.2) is 54.2 Å². The Bertz CT molecular complexity index is 1070. The van der Waals surface area contributed by atoms with Crippen molar-refractivity contribution in [2.75, 3.05) is 18.4 Å². The number of nitrogens with zero attached hydrogens (tertiary/aromatic N) is 6. The number of amides is 1. The third-order valence-corrected chi connectivity index (χ3v) is 5.96. The first kappa shape index (κ1) is 18.1. The predicted molar refractivity (Wildman–Crippen MR) is 107 cm³/mol. The van der Waals surface area contributed by atoms with E-state index in [1.807, 2.05) is 18.9 Å². The van der Waals surface area contributed by atoms with Crippen LogP contribution in [0, 0.1) is 6.92 Å². The largest absolute Gasteiger partial charge is 0.445 e. The van der Waals surface area contributed by atoms with E-state index in [0.29, 0.717) is 47.3 Å². The topological polar surface area (TPSA) is 102 Å². The highest BCUT2D eigenvalue weighted by Gasteiger charge is 2.39. The number of nitrogens with one attached hydrogen (secondary N) is 1. The van der Waals surface area contributed by atoms with Crippen molar-refractivity contribution in [1.82, 2.24) is 29.6 Å². The summed E-state index contributed by atoms with van der Waals surface area (Å²) in [5.41, 5.74) is 1.03. The van der Waals surface area contributed by atoms with E-state index in [2.05, 4.69) is 32.3 Å². The van der Waals surface area contributed by atoms with Crippen LogP contribution < -0.4 is 5.32 Å². The number of furan rings is 1. The average molecular weight is 395 g/mol. The van der Waals surface area contributed by atoms with Gasteiger partial charge in [-0.05, 0) is 39.5 Å². The molecule has 3 aromatic rings. The molecular weight excluding hydrogens is 370 g/mol. The molecule has 0 spiro atoms. The van der Waals surface area contributed by atoms with Gasteiger partial charge >= 0.3 is 0 Å². The number of carbonyl (C=O) groups excluding carboxylic acids is 1. The molecule has 4 heterocycles. The number of aryl methyl sites for hydroxylation is 2. The zero-order chi connectivity index (χ0) is 20.2. The Kier molecular flexibility index (Phi) is 4.07. The second-order valence-electron chi connectivity index (χ2n) is 8.48. The van der Waals surface area contributed by atoms with E-state index in [9.17, 15) is 4.79 Å². The summed E-state index contributed by atoms with van der Waals surface area (Å²) in [4.78, 5) is 28.5. The van der Waals surface area contributed by atoms with Crippen molar-refractivity contribution in [1.29, 1.82) is 0 Å². The number of hydrogen-bond donors (Lipinski definition) is 1. The molecule has 1 N–H and O–H groups in total. The van der Waals surface area contributed by atoms with Gasteiger partial charge in [-0.2, -0.15) is 10.1 Å². The molecule has 2 aliphatic rings. The van der Waals surface area contributed by atoms with Crippen LogP contribution >= 0.6 is 0 Å². The number of carbonyl (C=O) groups is 1.